The summed E-state index contributed by atoms with van der Waals surface area (Å²) in [5.41, 5.74) is 0. The van der Waals surface area contributed by atoms with Crippen molar-refractivity contribution < 1.29 is 13.5 Å². The molecule has 2 N–H and O–H groups in total. The number of phenols is 1. The maximum absolute atomic E-state index is 11.8. The number of sulfonamides is 1. The highest BCUT2D eigenvalue weighted by molar-refractivity contribution is 7.89. The van der Waals surface area contributed by atoms with E-state index in [1.165, 1.54) is 18.2 Å². The minimum Gasteiger partial charge on any atom is -0.507 e. The van der Waals surface area contributed by atoms with Crippen LogP contribution in [-0.2, 0) is 10.0 Å². The van der Waals surface area contributed by atoms with E-state index in [2.05, 4.69) is 10.6 Å². The van der Waals surface area contributed by atoms with Crippen molar-refractivity contribution in [3.05, 3.63) is 24.3 Å². The lowest BCUT2D eigenvalue weighted by molar-refractivity contribution is 0.457. The second kappa shape index (κ2) is 5.01. The lowest BCUT2D eigenvalue weighted by Crippen LogP contribution is -2.33. The van der Waals surface area contributed by atoms with Gasteiger partial charge in [-0.3, -0.25) is 0 Å². The van der Waals surface area contributed by atoms with Crippen molar-refractivity contribution in [2.75, 3.05) is 0 Å². The van der Waals surface area contributed by atoms with Crippen LogP contribution in [0.3, 0.4) is 0 Å². The van der Waals surface area contributed by atoms with Gasteiger partial charge in [0.05, 0.1) is 6.04 Å². The first kappa shape index (κ1) is 12.6. The molecule has 0 aliphatic heterocycles. The first-order chi connectivity index (χ1) is 7.51. The number of para-hydroxylation sites is 1. The third kappa shape index (κ3) is 2.75. The number of phenolic OH excluding ortho intramolecular Hbond substituents is 1. The molecule has 0 aromatic heterocycles. The zero-order valence-corrected chi connectivity index (χ0v) is 9.66. The highest BCUT2D eigenvalue weighted by atomic mass is 32.2. The lowest BCUT2D eigenvalue weighted by Gasteiger charge is -2.12. The molecular formula is C11H13NO3S. The molecule has 0 spiro atoms. The van der Waals surface area contributed by atoms with Crippen molar-refractivity contribution in [2.45, 2.75) is 24.3 Å². The molecule has 0 saturated carbocycles. The fourth-order valence-electron chi connectivity index (χ4n) is 1.17. The molecule has 16 heavy (non-hydrogen) atoms. The fraction of sp³-hybridized carbons (Fsp3) is 0.273. The van der Waals surface area contributed by atoms with Crippen LogP contribution in [0.25, 0.3) is 0 Å². The second-order valence-electron chi connectivity index (χ2n) is 3.22. The average Bonchev–Trinajstić information content (AvgIpc) is 2.26. The highest BCUT2D eigenvalue weighted by Crippen LogP contribution is 2.21. The standard InChI is InChI=1S/C11H13NO3S/c1-3-9(4-2)12-16(14,15)11-8-6-5-7-10(11)13/h1,5-9,12-13H,4H2,2H3. The third-order valence-corrected chi connectivity index (χ3v) is 3.58. The van der Waals surface area contributed by atoms with Gasteiger partial charge in [0, 0.05) is 0 Å². The number of hydrogen-bond acceptors (Lipinski definition) is 3. The van der Waals surface area contributed by atoms with Crippen LogP contribution >= 0.6 is 0 Å². The number of terminal acetylenes is 1. The Labute approximate surface area is 95.4 Å². The van der Waals surface area contributed by atoms with Crippen LogP contribution in [0.2, 0.25) is 0 Å². The first-order valence-electron chi connectivity index (χ1n) is 4.77. The zero-order chi connectivity index (χ0) is 12.2. The van der Waals surface area contributed by atoms with Crippen molar-refractivity contribution in [1.82, 2.24) is 4.72 Å². The summed E-state index contributed by atoms with van der Waals surface area (Å²) in [6, 6.07) is 5.15. The summed E-state index contributed by atoms with van der Waals surface area (Å²) in [4.78, 5) is -0.163. The number of nitrogens with one attached hydrogen (secondary N) is 1. The zero-order valence-electron chi connectivity index (χ0n) is 8.84. The molecule has 0 heterocycles. The average molecular weight is 239 g/mol. The van der Waals surface area contributed by atoms with Crippen LogP contribution in [0.4, 0.5) is 0 Å². The van der Waals surface area contributed by atoms with E-state index in [4.69, 9.17) is 6.42 Å². The highest BCUT2D eigenvalue weighted by Gasteiger charge is 2.20. The summed E-state index contributed by atoms with van der Waals surface area (Å²) in [7, 11) is -3.76. The predicted molar refractivity (Wildman–Crippen MR) is 61.3 cm³/mol. The fourth-order valence-corrected chi connectivity index (χ4v) is 2.51. The van der Waals surface area contributed by atoms with Gasteiger partial charge in [0.2, 0.25) is 10.0 Å². The minimum absolute atomic E-state index is 0.163. The Balaban J connectivity index is 3.05. The molecule has 0 aliphatic carbocycles. The van der Waals surface area contributed by atoms with E-state index >= 15 is 0 Å². The van der Waals surface area contributed by atoms with Crippen molar-refractivity contribution >= 4 is 10.0 Å². The number of hydrogen-bond donors (Lipinski definition) is 2. The molecule has 5 heteroatoms. The lowest BCUT2D eigenvalue weighted by atomic mass is 10.3. The Morgan fingerprint density at radius 1 is 1.50 bits per heavy atom. The molecule has 86 valence electrons. The van der Waals surface area contributed by atoms with E-state index in [9.17, 15) is 13.5 Å². The predicted octanol–water partition coefficient (Wildman–Crippen LogP) is 1.08. The molecule has 0 bridgehead atoms. The van der Waals surface area contributed by atoms with Crippen LogP contribution in [0.1, 0.15) is 13.3 Å². The Morgan fingerprint density at radius 3 is 2.62 bits per heavy atom. The van der Waals surface area contributed by atoms with Gasteiger partial charge in [-0.15, -0.1) is 6.42 Å². The van der Waals surface area contributed by atoms with Gasteiger partial charge in [-0.2, -0.15) is 4.72 Å². The van der Waals surface area contributed by atoms with Gasteiger partial charge < -0.3 is 5.11 Å². The quantitative estimate of drug-likeness (QED) is 0.773. The third-order valence-electron chi connectivity index (χ3n) is 2.06. The SMILES string of the molecule is C#CC(CC)NS(=O)(=O)c1ccccc1O. The van der Waals surface area contributed by atoms with Crippen LogP contribution in [-0.4, -0.2) is 19.6 Å². The normalized spacial score (nSPS) is 13.0. The summed E-state index contributed by atoms with van der Waals surface area (Å²) in [6.07, 6.45) is 5.66. The van der Waals surface area contributed by atoms with Crippen LogP contribution in [0.5, 0.6) is 5.75 Å². The topological polar surface area (TPSA) is 66.4 Å². The monoisotopic (exact) mass is 239 g/mol. The summed E-state index contributed by atoms with van der Waals surface area (Å²) >= 11 is 0. The number of rotatable bonds is 4. The van der Waals surface area contributed by atoms with Gasteiger partial charge in [0.25, 0.3) is 0 Å². The molecular weight excluding hydrogens is 226 g/mol. The van der Waals surface area contributed by atoms with E-state index < -0.39 is 16.1 Å². The van der Waals surface area contributed by atoms with E-state index in [1.807, 2.05) is 0 Å². The number of benzene rings is 1. The maximum atomic E-state index is 11.8. The maximum Gasteiger partial charge on any atom is 0.245 e. The molecule has 0 radical (unpaired) electrons. The molecule has 0 aliphatic rings. The summed E-state index contributed by atoms with van der Waals surface area (Å²) in [5, 5.41) is 9.43. The Morgan fingerprint density at radius 2 is 2.12 bits per heavy atom. The van der Waals surface area contributed by atoms with Gasteiger partial charge >= 0.3 is 0 Å². The van der Waals surface area contributed by atoms with Gasteiger partial charge in [0.1, 0.15) is 10.6 Å². The molecule has 1 aromatic rings. The van der Waals surface area contributed by atoms with Gasteiger partial charge in [-0.25, -0.2) is 8.42 Å². The molecule has 0 amide bonds. The van der Waals surface area contributed by atoms with Gasteiger partial charge in [-0.05, 0) is 18.6 Å². The summed E-state index contributed by atoms with van der Waals surface area (Å²) in [5.74, 6) is 2.04. The van der Waals surface area contributed by atoms with Crippen molar-refractivity contribution in [3.8, 4) is 18.1 Å². The van der Waals surface area contributed by atoms with Crippen molar-refractivity contribution in [3.63, 3.8) is 0 Å². The Hall–Kier alpha value is -1.51. The number of aromatic hydroxyl groups is 1. The van der Waals surface area contributed by atoms with Crippen LogP contribution in [0.15, 0.2) is 29.2 Å². The molecule has 1 unspecified atom stereocenters. The summed E-state index contributed by atoms with van der Waals surface area (Å²) < 4.78 is 26.0. The molecule has 1 rings (SSSR count). The van der Waals surface area contributed by atoms with E-state index in [0.717, 1.165) is 0 Å². The molecule has 0 saturated heterocycles. The van der Waals surface area contributed by atoms with Gasteiger partial charge in [-0.1, -0.05) is 25.0 Å². The Kier molecular flexibility index (Phi) is 3.93. The van der Waals surface area contributed by atoms with Crippen LogP contribution in [0, 0.1) is 12.3 Å². The van der Waals surface area contributed by atoms with Crippen LogP contribution < -0.4 is 4.72 Å². The molecule has 1 atom stereocenters. The van der Waals surface area contributed by atoms with E-state index in [1.54, 1.807) is 13.0 Å². The van der Waals surface area contributed by atoms with Crippen molar-refractivity contribution in [2.24, 2.45) is 0 Å². The smallest absolute Gasteiger partial charge is 0.245 e. The summed E-state index contributed by atoms with van der Waals surface area (Å²) in [6.45, 7) is 1.78. The van der Waals surface area contributed by atoms with E-state index in [0.29, 0.717) is 6.42 Å². The Bertz CT molecular complexity index is 502. The first-order valence-corrected chi connectivity index (χ1v) is 6.26. The minimum atomic E-state index is -3.76. The largest absolute Gasteiger partial charge is 0.507 e. The van der Waals surface area contributed by atoms with E-state index in [-0.39, 0.29) is 10.6 Å². The van der Waals surface area contributed by atoms with Gasteiger partial charge in [0.15, 0.2) is 0 Å². The molecule has 0 fully saturated rings. The molecule has 4 nitrogen and oxygen atoms in total. The molecule has 1 aromatic carbocycles. The van der Waals surface area contributed by atoms with Crippen molar-refractivity contribution in [1.29, 1.82) is 0 Å². The second-order valence-corrected chi connectivity index (χ2v) is 4.90.